The first-order valence-corrected chi connectivity index (χ1v) is 10.4. The number of amides is 2. The lowest BCUT2D eigenvalue weighted by atomic mass is 9.91. The molecule has 146 valence electrons. The molecular weight excluding hydrogens is 338 g/mol. The van der Waals surface area contributed by atoms with Crippen LogP contribution in [-0.4, -0.2) is 60.0 Å². The smallest absolute Gasteiger partial charge is 0.317 e. The van der Waals surface area contributed by atoms with Crippen molar-refractivity contribution in [1.82, 2.24) is 15.1 Å². The maximum absolute atomic E-state index is 12.8. The predicted octanol–water partition coefficient (Wildman–Crippen LogP) is 3.33. The number of carbonyl (C=O) groups is 1. The van der Waals surface area contributed by atoms with Gasteiger partial charge in [-0.1, -0.05) is 26.2 Å². The highest BCUT2D eigenvalue weighted by Gasteiger charge is 2.34. The Balaban J connectivity index is 1.44. The average molecular weight is 370 g/mol. The van der Waals surface area contributed by atoms with Gasteiger partial charge in [-0.3, -0.25) is 4.99 Å². The van der Waals surface area contributed by atoms with Gasteiger partial charge in [-0.25, -0.2) is 9.79 Å². The minimum atomic E-state index is 0.111. The number of urea groups is 1. The molecule has 6 heteroatoms. The quantitative estimate of drug-likeness (QED) is 0.829. The Morgan fingerprint density at radius 3 is 2.89 bits per heavy atom. The van der Waals surface area contributed by atoms with Crippen LogP contribution in [0.1, 0.15) is 51.9 Å². The van der Waals surface area contributed by atoms with Crippen molar-refractivity contribution in [1.29, 1.82) is 0 Å². The molecule has 0 aromatic rings. The lowest BCUT2D eigenvalue weighted by Gasteiger charge is -2.43. The number of nitrogens with zero attached hydrogens (tertiary/aromatic N) is 4. The number of likely N-dealkylation sites (tertiary alicyclic amines) is 1. The lowest BCUT2D eigenvalue weighted by molar-refractivity contribution is 0.104. The number of rotatable bonds is 3. The average Bonchev–Trinajstić information content (AvgIpc) is 3.17. The van der Waals surface area contributed by atoms with Gasteiger partial charge in [-0.15, -0.1) is 0 Å². The highest BCUT2D eigenvalue weighted by atomic mass is 16.2. The normalized spacial score (nSPS) is 28.2. The maximum Gasteiger partial charge on any atom is 0.317 e. The standard InChI is InChI=1S/C21H31N5O/c1-15-10-13-26(21(27)24-16-6-4-3-5-7-16)14-19(15)25(2)20-17-8-11-22-18(17)9-12-23-20/h8,11-12,15-16,19H,3-7,9-10,13-14H2,1-2H3,(H,24,27). The Hall–Kier alpha value is -2.11. The van der Waals surface area contributed by atoms with E-state index < -0.39 is 0 Å². The van der Waals surface area contributed by atoms with Crippen LogP contribution in [0, 0.1) is 5.92 Å². The van der Waals surface area contributed by atoms with Gasteiger partial charge < -0.3 is 15.1 Å². The van der Waals surface area contributed by atoms with Gasteiger partial charge in [0.1, 0.15) is 5.82 Å². The zero-order valence-corrected chi connectivity index (χ0v) is 16.5. The van der Waals surface area contributed by atoms with E-state index in [0.29, 0.717) is 12.0 Å². The Bertz CT molecular complexity index is 701. The second kappa shape index (κ2) is 7.87. The largest absolute Gasteiger partial charge is 0.354 e. The minimum Gasteiger partial charge on any atom is -0.354 e. The van der Waals surface area contributed by atoms with Gasteiger partial charge in [0, 0.05) is 50.6 Å². The summed E-state index contributed by atoms with van der Waals surface area (Å²) >= 11 is 0. The Morgan fingerprint density at radius 1 is 1.26 bits per heavy atom. The highest BCUT2D eigenvalue weighted by molar-refractivity contribution is 6.12. The van der Waals surface area contributed by atoms with Crippen LogP contribution in [0.15, 0.2) is 33.7 Å². The zero-order chi connectivity index (χ0) is 18.8. The molecule has 2 atom stereocenters. The van der Waals surface area contributed by atoms with Gasteiger partial charge in [-0.2, -0.15) is 0 Å². The third-order valence-corrected chi connectivity index (χ3v) is 6.49. The molecule has 2 amide bonds. The predicted molar refractivity (Wildman–Crippen MR) is 109 cm³/mol. The van der Waals surface area contributed by atoms with Gasteiger partial charge in [0.2, 0.25) is 0 Å². The molecule has 0 spiro atoms. The lowest BCUT2D eigenvalue weighted by Crippen LogP contribution is -2.55. The van der Waals surface area contributed by atoms with E-state index in [0.717, 1.165) is 55.9 Å². The molecule has 0 aromatic carbocycles. The summed E-state index contributed by atoms with van der Waals surface area (Å²) in [5, 5.41) is 3.28. The Labute approximate surface area is 162 Å². The van der Waals surface area contributed by atoms with Crippen LogP contribution < -0.4 is 5.32 Å². The number of hydrogen-bond acceptors (Lipinski definition) is 4. The molecule has 0 radical (unpaired) electrons. The van der Waals surface area contributed by atoms with E-state index in [4.69, 9.17) is 0 Å². The minimum absolute atomic E-state index is 0.111. The first-order valence-electron chi connectivity index (χ1n) is 10.4. The summed E-state index contributed by atoms with van der Waals surface area (Å²) in [6, 6.07) is 0.737. The van der Waals surface area contributed by atoms with Crippen LogP contribution in [0.4, 0.5) is 4.79 Å². The summed E-state index contributed by atoms with van der Waals surface area (Å²) in [6.07, 6.45) is 13.7. The summed E-state index contributed by atoms with van der Waals surface area (Å²) in [4.78, 5) is 26.2. The number of carbonyl (C=O) groups excluding carboxylic acids is 1. The molecule has 2 unspecified atom stereocenters. The number of piperidine rings is 1. The van der Waals surface area contributed by atoms with Gasteiger partial charge in [-0.05, 0) is 31.3 Å². The van der Waals surface area contributed by atoms with Gasteiger partial charge in [0.15, 0.2) is 0 Å². The third kappa shape index (κ3) is 3.80. The van der Waals surface area contributed by atoms with Crippen molar-refractivity contribution in [3.63, 3.8) is 0 Å². The number of fused-ring (bicyclic) bond motifs is 1. The molecule has 0 aromatic heterocycles. The number of aliphatic imine (C=N–C) groups is 2. The van der Waals surface area contributed by atoms with Crippen molar-refractivity contribution in [2.24, 2.45) is 15.9 Å². The summed E-state index contributed by atoms with van der Waals surface area (Å²) in [7, 11) is 2.11. The first kappa shape index (κ1) is 18.3. The van der Waals surface area contributed by atoms with Crippen LogP contribution in [0.25, 0.3) is 0 Å². The second-order valence-electron chi connectivity index (χ2n) is 8.32. The van der Waals surface area contributed by atoms with Crippen LogP contribution >= 0.6 is 0 Å². The van der Waals surface area contributed by atoms with E-state index >= 15 is 0 Å². The molecular formula is C21H31N5O. The molecule has 1 aliphatic carbocycles. The number of hydrogen-bond donors (Lipinski definition) is 1. The fourth-order valence-electron chi connectivity index (χ4n) is 4.71. The van der Waals surface area contributed by atoms with Crippen molar-refractivity contribution in [3.05, 3.63) is 23.7 Å². The third-order valence-electron chi connectivity index (χ3n) is 6.49. The molecule has 3 heterocycles. The Kier molecular flexibility index (Phi) is 5.32. The van der Waals surface area contributed by atoms with Gasteiger partial charge >= 0.3 is 6.03 Å². The van der Waals surface area contributed by atoms with E-state index in [9.17, 15) is 4.79 Å². The van der Waals surface area contributed by atoms with Gasteiger partial charge in [0.05, 0.1) is 11.8 Å². The van der Waals surface area contributed by atoms with Crippen molar-refractivity contribution in [2.45, 2.75) is 64.0 Å². The molecule has 6 nitrogen and oxygen atoms in total. The zero-order valence-electron chi connectivity index (χ0n) is 16.5. The number of likely N-dealkylation sites (N-methyl/N-ethyl adjacent to an activating group) is 1. The van der Waals surface area contributed by atoms with E-state index in [1.807, 2.05) is 17.3 Å². The van der Waals surface area contributed by atoms with Crippen LogP contribution in [0.5, 0.6) is 0 Å². The highest BCUT2D eigenvalue weighted by Crippen LogP contribution is 2.29. The molecule has 0 bridgehead atoms. The summed E-state index contributed by atoms with van der Waals surface area (Å²) in [5.74, 6) is 1.50. The van der Waals surface area contributed by atoms with Crippen LogP contribution in [0.3, 0.4) is 0 Å². The van der Waals surface area contributed by atoms with Crippen molar-refractivity contribution < 1.29 is 4.79 Å². The van der Waals surface area contributed by atoms with E-state index in [2.05, 4.69) is 40.2 Å². The number of allylic oxidation sites excluding steroid dienone is 2. The fraction of sp³-hybridized carbons (Fsp3) is 0.667. The summed E-state index contributed by atoms with van der Waals surface area (Å²) in [6.45, 7) is 3.87. The van der Waals surface area contributed by atoms with Crippen molar-refractivity contribution in [3.8, 4) is 0 Å². The molecule has 3 aliphatic heterocycles. The van der Waals surface area contributed by atoms with Crippen molar-refractivity contribution >= 4 is 18.0 Å². The summed E-state index contributed by atoms with van der Waals surface area (Å²) in [5.41, 5.74) is 2.23. The fourth-order valence-corrected chi connectivity index (χ4v) is 4.71. The first-order chi connectivity index (χ1) is 13.1. The topological polar surface area (TPSA) is 60.3 Å². The monoisotopic (exact) mass is 369 g/mol. The molecule has 4 rings (SSSR count). The van der Waals surface area contributed by atoms with Crippen molar-refractivity contribution in [2.75, 3.05) is 20.1 Å². The second-order valence-corrected chi connectivity index (χ2v) is 8.32. The number of nitrogens with one attached hydrogen (secondary N) is 1. The van der Waals surface area contributed by atoms with Crippen LogP contribution in [0.2, 0.25) is 0 Å². The molecule has 1 saturated carbocycles. The SMILES string of the molecule is CC1CCN(C(=O)NC2CCCCC2)CC1N(C)C1=C2C=CN=C2CC=N1. The molecule has 2 fully saturated rings. The van der Waals surface area contributed by atoms with E-state index in [1.165, 1.54) is 19.3 Å². The Morgan fingerprint density at radius 2 is 2.07 bits per heavy atom. The molecule has 27 heavy (non-hydrogen) atoms. The van der Waals surface area contributed by atoms with E-state index in [-0.39, 0.29) is 12.1 Å². The van der Waals surface area contributed by atoms with E-state index in [1.54, 1.807) is 0 Å². The van der Waals surface area contributed by atoms with Crippen LogP contribution in [-0.2, 0) is 0 Å². The molecule has 4 aliphatic rings. The molecule has 1 N–H and O–H groups in total. The maximum atomic E-state index is 12.8. The summed E-state index contributed by atoms with van der Waals surface area (Å²) < 4.78 is 0. The van der Waals surface area contributed by atoms with Gasteiger partial charge in [0.25, 0.3) is 0 Å². The molecule has 1 saturated heterocycles.